The number of likely N-dealkylation sites (N-methyl/N-ethyl adjacent to an activating group) is 1. The number of rotatable bonds is 6. The molecule has 0 radical (unpaired) electrons. The van der Waals surface area contributed by atoms with Crippen molar-refractivity contribution in [3.63, 3.8) is 0 Å². The van der Waals surface area contributed by atoms with Crippen LogP contribution < -0.4 is 10.2 Å². The first-order valence-electron chi connectivity index (χ1n) is 8.08. The number of nitrogens with zero attached hydrogens (tertiary/aromatic N) is 3. The van der Waals surface area contributed by atoms with E-state index >= 15 is 0 Å². The topological polar surface area (TPSA) is 31.4 Å². The quantitative estimate of drug-likeness (QED) is 0.872. The van der Waals surface area contributed by atoms with E-state index in [9.17, 15) is 0 Å². The summed E-state index contributed by atoms with van der Waals surface area (Å²) in [6.07, 6.45) is 2.71. The van der Waals surface area contributed by atoms with Crippen molar-refractivity contribution < 1.29 is 0 Å². The molecule has 1 saturated heterocycles. The number of likely N-dealkylation sites (tertiary alicyclic amines) is 1. The summed E-state index contributed by atoms with van der Waals surface area (Å²) in [5.74, 6) is 1.07. The zero-order chi connectivity index (χ0) is 15.3. The largest absolute Gasteiger partial charge is 0.358 e. The van der Waals surface area contributed by atoms with Crippen LogP contribution in [0.4, 0.5) is 5.82 Å². The lowest BCUT2D eigenvalue weighted by Gasteiger charge is -2.23. The zero-order valence-corrected chi connectivity index (χ0v) is 14.0. The van der Waals surface area contributed by atoms with Gasteiger partial charge in [0, 0.05) is 32.2 Å². The van der Waals surface area contributed by atoms with Crippen molar-refractivity contribution in [1.82, 2.24) is 15.2 Å². The summed E-state index contributed by atoms with van der Waals surface area (Å²) in [4.78, 5) is 9.57. The summed E-state index contributed by atoms with van der Waals surface area (Å²) in [5.41, 5.74) is 1.23. The van der Waals surface area contributed by atoms with Crippen LogP contribution in [0.2, 0.25) is 0 Å². The molecule has 0 aliphatic carbocycles. The van der Waals surface area contributed by atoms with E-state index in [-0.39, 0.29) is 5.54 Å². The Labute approximate surface area is 129 Å². The van der Waals surface area contributed by atoms with Crippen LogP contribution in [-0.2, 0) is 6.54 Å². The van der Waals surface area contributed by atoms with Gasteiger partial charge in [0.15, 0.2) is 0 Å². The predicted molar refractivity (Wildman–Crippen MR) is 89.8 cm³/mol. The fourth-order valence-electron chi connectivity index (χ4n) is 2.55. The molecular formula is C17H30N4. The number of hydrogen-bond donors (Lipinski definition) is 1. The Morgan fingerprint density at radius 2 is 1.95 bits per heavy atom. The first-order chi connectivity index (χ1) is 9.94. The average molecular weight is 290 g/mol. The molecule has 0 saturated carbocycles. The fraction of sp³-hybridized carbons (Fsp3) is 0.706. The smallest absolute Gasteiger partial charge is 0.128 e. The van der Waals surface area contributed by atoms with Crippen molar-refractivity contribution in [3.05, 3.63) is 23.9 Å². The van der Waals surface area contributed by atoms with Crippen LogP contribution in [0.15, 0.2) is 18.2 Å². The molecule has 1 aliphatic heterocycles. The molecule has 1 aliphatic rings. The number of pyridine rings is 1. The molecule has 1 N–H and O–H groups in total. The summed E-state index contributed by atoms with van der Waals surface area (Å²) in [6.45, 7) is 12.1. The average Bonchev–Trinajstić information content (AvgIpc) is 2.95. The van der Waals surface area contributed by atoms with Gasteiger partial charge in [0.25, 0.3) is 0 Å². The standard InChI is InChI=1S/C17H30N4/c1-17(2,3)18-14-15-8-7-9-16(19-15)20(4)12-13-21-10-5-6-11-21/h7-9,18H,5-6,10-14H2,1-4H3. The van der Waals surface area contributed by atoms with Gasteiger partial charge in [-0.3, -0.25) is 0 Å². The molecule has 21 heavy (non-hydrogen) atoms. The second-order valence-corrected chi connectivity index (χ2v) is 7.06. The van der Waals surface area contributed by atoms with Crippen LogP contribution in [0.5, 0.6) is 0 Å². The van der Waals surface area contributed by atoms with E-state index in [0.29, 0.717) is 0 Å². The van der Waals surface area contributed by atoms with Gasteiger partial charge in [-0.15, -0.1) is 0 Å². The molecule has 0 spiro atoms. The SMILES string of the molecule is CN(CCN1CCCC1)c1cccc(CNC(C)(C)C)n1. The van der Waals surface area contributed by atoms with Gasteiger partial charge in [0.1, 0.15) is 5.82 Å². The third kappa shape index (κ3) is 5.64. The van der Waals surface area contributed by atoms with Crippen molar-refractivity contribution in [2.45, 2.75) is 45.7 Å². The summed E-state index contributed by atoms with van der Waals surface area (Å²) < 4.78 is 0. The molecule has 1 fully saturated rings. The van der Waals surface area contributed by atoms with E-state index in [1.165, 1.54) is 25.9 Å². The highest BCUT2D eigenvalue weighted by molar-refractivity contribution is 5.38. The van der Waals surface area contributed by atoms with E-state index in [1.54, 1.807) is 0 Å². The Kier molecular flexibility index (Phi) is 5.59. The van der Waals surface area contributed by atoms with Gasteiger partial charge in [-0.2, -0.15) is 0 Å². The number of hydrogen-bond acceptors (Lipinski definition) is 4. The van der Waals surface area contributed by atoms with E-state index in [1.807, 2.05) is 0 Å². The third-order valence-electron chi connectivity index (χ3n) is 3.93. The zero-order valence-electron chi connectivity index (χ0n) is 14.0. The maximum Gasteiger partial charge on any atom is 0.128 e. The highest BCUT2D eigenvalue weighted by Gasteiger charge is 2.13. The Morgan fingerprint density at radius 1 is 1.24 bits per heavy atom. The van der Waals surface area contributed by atoms with Crippen molar-refractivity contribution in [2.75, 3.05) is 38.1 Å². The summed E-state index contributed by atoms with van der Waals surface area (Å²) in [5, 5.41) is 3.49. The molecule has 1 aromatic rings. The van der Waals surface area contributed by atoms with Gasteiger partial charge in [-0.05, 0) is 58.8 Å². The van der Waals surface area contributed by atoms with Gasteiger partial charge >= 0.3 is 0 Å². The van der Waals surface area contributed by atoms with Crippen molar-refractivity contribution in [3.8, 4) is 0 Å². The normalized spacial score (nSPS) is 16.4. The maximum atomic E-state index is 4.77. The molecule has 1 aromatic heterocycles. The molecule has 0 unspecified atom stereocenters. The van der Waals surface area contributed by atoms with Gasteiger partial charge in [0.2, 0.25) is 0 Å². The molecule has 4 nitrogen and oxygen atoms in total. The third-order valence-corrected chi connectivity index (χ3v) is 3.93. The van der Waals surface area contributed by atoms with Crippen LogP contribution in [-0.4, -0.2) is 48.6 Å². The molecule has 0 aromatic carbocycles. The van der Waals surface area contributed by atoms with Crippen LogP contribution in [0, 0.1) is 0 Å². The van der Waals surface area contributed by atoms with Gasteiger partial charge in [-0.1, -0.05) is 6.07 Å². The monoisotopic (exact) mass is 290 g/mol. The highest BCUT2D eigenvalue weighted by atomic mass is 15.2. The molecule has 0 bridgehead atoms. The molecule has 2 heterocycles. The Hall–Kier alpha value is -1.13. The lowest BCUT2D eigenvalue weighted by atomic mass is 10.1. The molecule has 4 heteroatoms. The van der Waals surface area contributed by atoms with E-state index in [0.717, 1.165) is 31.1 Å². The Bertz CT molecular complexity index is 433. The molecule has 118 valence electrons. The second-order valence-electron chi connectivity index (χ2n) is 7.06. The Morgan fingerprint density at radius 3 is 2.62 bits per heavy atom. The van der Waals surface area contributed by atoms with Crippen molar-refractivity contribution in [2.24, 2.45) is 0 Å². The van der Waals surface area contributed by atoms with E-state index in [2.05, 4.69) is 61.1 Å². The minimum absolute atomic E-state index is 0.124. The number of aromatic nitrogens is 1. The van der Waals surface area contributed by atoms with Crippen molar-refractivity contribution in [1.29, 1.82) is 0 Å². The van der Waals surface area contributed by atoms with Crippen LogP contribution in [0.1, 0.15) is 39.3 Å². The predicted octanol–water partition coefficient (Wildman–Crippen LogP) is 2.50. The minimum Gasteiger partial charge on any atom is -0.358 e. The fourth-order valence-corrected chi connectivity index (χ4v) is 2.55. The molecule has 2 rings (SSSR count). The highest BCUT2D eigenvalue weighted by Crippen LogP contribution is 2.12. The van der Waals surface area contributed by atoms with Gasteiger partial charge in [0.05, 0.1) is 5.69 Å². The molecule has 0 amide bonds. The Balaban J connectivity index is 1.86. The summed E-state index contributed by atoms with van der Waals surface area (Å²) in [6, 6.07) is 6.30. The lowest BCUT2D eigenvalue weighted by molar-refractivity contribution is 0.346. The van der Waals surface area contributed by atoms with Crippen LogP contribution in [0.3, 0.4) is 0 Å². The summed E-state index contributed by atoms with van der Waals surface area (Å²) >= 11 is 0. The first kappa shape index (κ1) is 16.2. The minimum atomic E-state index is 0.124. The first-order valence-corrected chi connectivity index (χ1v) is 8.08. The second kappa shape index (κ2) is 7.23. The van der Waals surface area contributed by atoms with Gasteiger partial charge in [-0.25, -0.2) is 4.98 Å². The number of anilines is 1. The number of nitrogens with one attached hydrogen (secondary N) is 1. The van der Waals surface area contributed by atoms with Gasteiger partial charge < -0.3 is 15.1 Å². The van der Waals surface area contributed by atoms with E-state index in [4.69, 9.17) is 4.98 Å². The molecule has 0 atom stereocenters. The lowest BCUT2D eigenvalue weighted by Crippen LogP contribution is -2.35. The summed E-state index contributed by atoms with van der Waals surface area (Å²) in [7, 11) is 2.14. The van der Waals surface area contributed by atoms with Crippen LogP contribution in [0.25, 0.3) is 0 Å². The molecular weight excluding hydrogens is 260 g/mol. The van der Waals surface area contributed by atoms with Crippen molar-refractivity contribution >= 4 is 5.82 Å². The van der Waals surface area contributed by atoms with Crippen LogP contribution >= 0.6 is 0 Å². The van der Waals surface area contributed by atoms with E-state index < -0.39 is 0 Å². The maximum absolute atomic E-state index is 4.77.